The summed E-state index contributed by atoms with van der Waals surface area (Å²) in [4.78, 5) is 0. The van der Waals surface area contributed by atoms with Crippen molar-refractivity contribution in [3.05, 3.63) is 35.9 Å². The maximum Gasteiger partial charge on any atom is 0.411 e. The molecule has 0 bridgehead atoms. The van der Waals surface area contributed by atoms with Gasteiger partial charge in [0.25, 0.3) is 0 Å². The minimum Gasteiger partial charge on any atom is -0.371 e. The monoisotopic (exact) mass is 303 g/mol. The number of unbranched alkanes of at least 4 members (excludes halogenated alkanes) is 2. The molecule has 0 aromatic heterocycles. The summed E-state index contributed by atoms with van der Waals surface area (Å²) in [5, 5.41) is 3.29. The molecule has 0 aliphatic heterocycles. The zero-order chi connectivity index (χ0) is 15.6. The van der Waals surface area contributed by atoms with Crippen LogP contribution < -0.4 is 5.32 Å². The predicted molar refractivity (Wildman–Crippen MR) is 78.2 cm³/mol. The quantitative estimate of drug-likeness (QED) is 0.644. The van der Waals surface area contributed by atoms with E-state index in [-0.39, 0.29) is 12.6 Å². The first kappa shape index (κ1) is 18.0. The molecule has 21 heavy (non-hydrogen) atoms. The fraction of sp³-hybridized carbons (Fsp3) is 0.625. The number of halogens is 3. The number of alkyl halides is 3. The fourth-order valence-corrected chi connectivity index (χ4v) is 2.16. The molecule has 1 unspecified atom stereocenters. The second-order valence-corrected chi connectivity index (χ2v) is 5.08. The molecule has 0 radical (unpaired) electrons. The minimum absolute atomic E-state index is 0.0661. The highest BCUT2D eigenvalue weighted by Gasteiger charge is 2.27. The van der Waals surface area contributed by atoms with E-state index in [9.17, 15) is 13.2 Å². The van der Waals surface area contributed by atoms with Crippen LogP contribution in [0.15, 0.2) is 30.3 Å². The van der Waals surface area contributed by atoms with E-state index in [0.29, 0.717) is 6.54 Å². The number of hydrogen-bond acceptors (Lipinski definition) is 2. The van der Waals surface area contributed by atoms with Crippen LogP contribution in [0.25, 0.3) is 0 Å². The van der Waals surface area contributed by atoms with Crippen LogP contribution >= 0.6 is 0 Å². The summed E-state index contributed by atoms with van der Waals surface area (Å²) in [6.07, 6.45) is 0.148. The van der Waals surface area contributed by atoms with Gasteiger partial charge in [-0.15, -0.1) is 0 Å². The minimum atomic E-state index is -4.25. The van der Waals surface area contributed by atoms with Crippen molar-refractivity contribution in [3.8, 4) is 0 Å². The van der Waals surface area contributed by atoms with E-state index in [4.69, 9.17) is 0 Å². The summed E-state index contributed by atoms with van der Waals surface area (Å²) >= 11 is 0. The molecule has 0 saturated carbocycles. The zero-order valence-corrected chi connectivity index (χ0v) is 12.5. The first-order valence-electron chi connectivity index (χ1n) is 7.45. The number of rotatable bonds is 10. The SMILES string of the molecule is CCCCCC(NCCOCC(F)(F)F)c1ccccc1. The number of nitrogens with one attached hydrogen (secondary N) is 1. The van der Waals surface area contributed by atoms with E-state index in [1.54, 1.807) is 0 Å². The molecular weight excluding hydrogens is 279 g/mol. The van der Waals surface area contributed by atoms with Crippen LogP contribution in [0.4, 0.5) is 13.2 Å². The Morgan fingerprint density at radius 1 is 1.14 bits per heavy atom. The Balaban J connectivity index is 2.35. The second kappa shape index (κ2) is 9.79. The van der Waals surface area contributed by atoms with Crippen LogP contribution in [0.3, 0.4) is 0 Å². The Kier molecular flexibility index (Phi) is 8.38. The second-order valence-electron chi connectivity index (χ2n) is 5.08. The van der Waals surface area contributed by atoms with Gasteiger partial charge in [0.1, 0.15) is 6.61 Å². The Labute approximate surface area is 124 Å². The molecular formula is C16H24F3NO. The van der Waals surface area contributed by atoms with Crippen molar-refractivity contribution in [2.24, 2.45) is 0 Å². The van der Waals surface area contributed by atoms with Crippen molar-refractivity contribution < 1.29 is 17.9 Å². The van der Waals surface area contributed by atoms with Gasteiger partial charge >= 0.3 is 6.18 Å². The highest BCUT2D eigenvalue weighted by atomic mass is 19.4. The van der Waals surface area contributed by atoms with E-state index in [1.165, 1.54) is 5.56 Å². The van der Waals surface area contributed by atoms with Crippen LogP contribution in [0.5, 0.6) is 0 Å². The molecule has 1 N–H and O–H groups in total. The highest BCUT2D eigenvalue weighted by Crippen LogP contribution is 2.19. The number of hydrogen-bond donors (Lipinski definition) is 1. The first-order chi connectivity index (χ1) is 10.0. The van der Waals surface area contributed by atoms with Crippen LogP contribution in [0, 0.1) is 0 Å². The maximum absolute atomic E-state index is 12.0. The third kappa shape index (κ3) is 8.73. The molecule has 0 fully saturated rings. The van der Waals surface area contributed by atoms with Crippen LogP contribution in [-0.2, 0) is 4.74 Å². The lowest BCUT2D eigenvalue weighted by Gasteiger charge is -2.19. The molecule has 1 rings (SSSR count). The summed E-state index contributed by atoms with van der Waals surface area (Å²) in [5.74, 6) is 0. The summed E-state index contributed by atoms with van der Waals surface area (Å²) in [7, 11) is 0. The van der Waals surface area contributed by atoms with Gasteiger partial charge in [0, 0.05) is 12.6 Å². The smallest absolute Gasteiger partial charge is 0.371 e. The normalized spacial score (nSPS) is 13.3. The molecule has 1 atom stereocenters. The molecule has 2 nitrogen and oxygen atoms in total. The van der Waals surface area contributed by atoms with Crippen molar-refractivity contribution >= 4 is 0 Å². The lowest BCUT2D eigenvalue weighted by Crippen LogP contribution is -2.27. The Morgan fingerprint density at radius 3 is 2.48 bits per heavy atom. The molecule has 120 valence electrons. The van der Waals surface area contributed by atoms with Crippen molar-refractivity contribution in [1.82, 2.24) is 5.32 Å². The Hall–Kier alpha value is -1.07. The van der Waals surface area contributed by atoms with Gasteiger partial charge in [-0.3, -0.25) is 0 Å². The molecule has 0 amide bonds. The average Bonchev–Trinajstić information content (AvgIpc) is 2.45. The summed E-state index contributed by atoms with van der Waals surface area (Å²) in [6, 6.07) is 10.2. The summed E-state index contributed by atoms with van der Waals surface area (Å²) in [5.41, 5.74) is 1.17. The van der Waals surface area contributed by atoms with Crippen molar-refractivity contribution in [1.29, 1.82) is 0 Å². The fourth-order valence-electron chi connectivity index (χ4n) is 2.16. The molecule has 1 aromatic carbocycles. The first-order valence-corrected chi connectivity index (χ1v) is 7.45. The number of benzene rings is 1. The standard InChI is InChI=1S/C16H24F3NO/c1-2-3-5-10-15(14-8-6-4-7-9-14)20-11-12-21-13-16(17,18)19/h4,6-9,15,20H,2-3,5,10-13H2,1H3. The third-order valence-electron chi connectivity index (χ3n) is 3.20. The van der Waals surface area contributed by atoms with Crippen molar-refractivity contribution in [3.63, 3.8) is 0 Å². The molecule has 0 saturated heterocycles. The van der Waals surface area contributed by atoms with Gasteiger partial charge in [-0.05, 0) is 12.0 Å². The van der Waals surface area contributed by atoms with Gasteiger partial charge in [-0.2, -0.15) is 13.2 Å². The lowest BCUT2D eigenvalue weighted by atomic mass is 10.0. The highest BCUT2D eigenvalue weighted by molar-refractivity contribution is 5.18. The zero-order valence-electron chi connectivity index (χ0n) is 12.5. The predicted octanol–water partition coefficient (Wildman–Crippen LogP) is 4.48. The Bertz CT molecular complexity index is 368. The molecule has 5 heteroatoms. The van der Waals surface area contributed by atoms with Crippen LogP contribution in [-0.4, -0.2) is 25.9 Å². The molecule has 0 spiro atoms. The van der Waals surface area contributed by atoms with Crippen molar-refractivity contribution in [2.45, 2.75) is 44.8 Å². The molecule has 1 aromatic rings. The van der Waals surface area contributed by atoms with E-state index in [0.717, 1.165) is 25.7 Å². The van der Waals surface area contributed by atoms with Crippen LogP contribution in [0.1, 0.15) is 44.2 Å². The van der Waals surface area contributed by atoms with Gasteiger partial charge in [0.05, 0.1) is 6.61 Å². The van der Waals surface area contributed by atoms with Gasteiger partial charge < -0.3 is 10.1 Å². The van der Waals surface area contributed by atoms with E-state index in [1.807, 2.05) is 30.3 Å². The van der Waals surface area contributed by atoms with Gasteiger partial charge in [0.15, 0.2) is 0 Å². The van der Waals surface area contributed by atoms with Gasteiger partial charge in [0.2, 0.25) is 0 Å². The maximum atomic E-state index is 12.0. The molecule has 0 heterocycles. The number of ether oxygens (including phenoxy) is 1. The average molecular weight is 303 g/mol. The topological polar surface area (TPSA) is 21.3 Å². The molecule has 0 aliphatic rings. The van der Waals surface area contributed by atoms with E-state index in [2.05, 4.69) is 17.0 Å². The largest absolute Gasteiger partial charge is 0.411 e. The van der Waals surface area contributed by atoms with Gasteiger partial charge in [-0.25, -0.2) is 0 Å². The van der Waals surface area contributed by atoms with Gasteiger partial charge in [-0.1, -0.05) is 56.5 Å². The Morgan fingerprint density at radius 2 is 1.86 bits per heavy atom. The van der Waals surface area contributed by atoms with E-state index < -0.39 is 12.8 Å². The van der Waals surface area contributed by atoms with E-state index >= 15 is 0 Å². The summed E-state index contributed by atoms with van der Waals surface area (Å²) in [6.45, 7) is 1.45. The molecule has 0 aliphatic carbocycles. The lowest BCUT2D eigenvalue weighted by molar-refractivity contribution is -0.173. The van der Waals surface area contributed by atoms with Crippen molar-refractivity contribution in [2.75, 3.05) is 19.8 Å². The summed E-state index contributed by atoms with van der Waals surface area (Å²) < 4.78 is 40.5. The van der Waals surface area contributed by atoms with Crippen LogP contribution in [0.2, 0.25) is 0 Å². The third-order valence-corrected chi connectivity index (χ3v) is 3.20.